The van der Waals surface area contributed by atoms with Crippen LogP contribution >= 0.6 is 11.6 Å². The van der Waals surface area contributed by atoms with Gasteiger partial charge in [-0.1, -0.05) is 17.7 Å². The van der Waals surface area contributed by atoms with Crippen LogP contribution in [-0.2, 0) is 9.59 Å². The summed E-state index contributed by atoms with van der Waals surface area (Å²) in [6, 6.07) is 5.46. The molecule has 2 aliphatic rings. The van der Waals surface area contributed by atoms with E-state index in [-0.39, 0.29) is 23.4 Å². The summed E-state index contributed by atoms with van der Waals surface area (Å²) < 4.78 is 0. The van der Waals surface area contributed by atoms with Crippen molar-refractivity contribution >= 4 is 23.2 Å². The summed E-state index contributed by atoms with van der Waals surface area (Å²) in [5.74, 6) is -0.152. The van der Waals surface area contributed by atoms with Crippen molar-refractivity contribution in [2.45, 2.75) is 32.1 Å². The van der Waals surface area contributed by atoms with E-state index < -0.39 is 5.92 Å². The molecule has 1 aromatic rings. The molecule has 1 aromatic carbocycles. The average molecular weight is 263 g/mol. The third-order valence-corrected chi connectivity index (χ3v) is 4.59. The van der Waals surface area contributed by atoms with Gasteiger partial charge >= 0.3 is 0 Å². The standard InChI is InChI=1S/C15H15ClO2/c1-8-2-5-11(16)7-12(8)13-14(17)9-3-4-10(6-9)15(13)18/h2,5,7,9-10,13H,3-4,6H2,1H3. The lowest BCUT2D eigenvalue weighted by Crippen LogP contribution is -2.35. The molecule has 2 fully saturated rings. The van der Waals surface area contributed by atoms with E-state index >= 15 is 0 Å². The normalized spacial score (nSPS) is 30.9. The summed E-state index contributed by atoms with van der Waals surface area (Å²) in [4.78, 5) is 24.8. The van der Waals surface area contributed by atoms with Crippen molar-refractivity contribution in [2.75, 3.05) is 0 Å². The predicted molar refractivity (Wildman–Crippen MR) is 69.8 cm³/mol. The van der Waals surface area contributed by atoms with Crippen LogP contribution < -0.4 is 0 Å². The minimum absolute atomic E-state index is 0.0936. The van der Waals surface area contributed by atoms with Crippen LogP contribution in [0, 0.1) is 18.8 Å². The first-order chi connectivity index (χ1) is 8.58. The van der Waals surface area contributed by atoms with Crippen LogP contribution in [0.1, 0.15) is 36.3 Å². The molecule has 3 heteroatoms. The summed E-state index contributed by atoms with van der Waals surface area (Å²) >= 11 is 6.00. The molecule has 3 rings (SSSR count). The number of fused-ring (bicyclic) bond motifs is 2. The number of aryl methyl sites for hydroxylation is 1. The van der Waals surface area contributed by atoms with E-state index in [9.17, 15) is 9.59 Å². The highest BCUT2D eigenvalue weighted by molar-refractivity contribution is 6.30. The van der Waals surface area contributed by atoms with Crippen LogP contribution in [0.4, 0.5) is 0 Å². The Morgan fingerprint density at radius 2 is 1.72 bits per heavy atom. The number of hydrogen-bond donors (Lipinski definition) is 0. The van der Waals surface area contributed by atoms with Gasteiger partial charge < -0.3 is 0 Å². The van der Waals surface area contributed by atoms with E-state index in [1.54, 1.807) is 12.1 Å². The molecule has 2 unspecified atom stereocenters. The smallest absolute Gasteiger partial charge is 0.150 e. The van der Waals surface area contributed by atoms with Crippen LogP contribution in [0.2, 0.25) is 5.02 Å². The van der Waals surface area contributed by atoms with Gasteiger partial charge in [-0.25, -0.2) is 0 Å². The van der Waals surface area contributed by atoms with E-state index in [2.05, 4.69) is 0 Å². The zero-order chi connectivity index (χ0) is 12.9. The Balaban J connectivity index is 2.07. The molecular weight excluding hydrogens is 248 g/mol. The molecule has 0 saturated heterocycles. The van der Waals surface area contributed by atoms with Gasteiger partial charge in [-0.15, -0.1) is 0 Å². The molecule has 0 spiro atoms. The second-order valence-electron chi connectivity index (χ2n) is 5.45. The van der Waals surface area contributed by atoms with Gasteiger partial charge in [0, 0.05) is 16.9 Å². The lowest BCUT2D eigenvalue weighted by Gasteiger charge is -2.26. The van der Waals surface area contributed by atoms with Crippen molar-refractivity contribution in [2.24, 2.45) is 11.8 Å². The minimum Gasteiger partial charge on any atom is -0.298 e. The third kappa shape index (κ3) is 1.71. The number of halogens is 1. The number of hydrogen-bond acceptors (Lipinski definition) is 2. The summed E-state index contributed by atoms with van der Waals surface area (Å²) in [5, 5.41) is 0.592. The molecule has 2 nitrogen and oxygen atoms in total. The van der Waals surface area contributed by atoms with Gasteiger partial charge in [-0.3, -0.25) is 9.59 Å². The molecule has 94 valence electrons. The molecule has 2 atom stereocenters. The molecule has 18 heavy (non-hydrogen) atoms. The molecule has 0 amide bonds. The number of carbonyl (C=O) groups is 2. The van der Waals surface area contributed by atoms with Crippen LogP contribution in [0.15, 0.2) is 18.2 Å². The Labute approximate surface area is 111 Å². The van der Waals surface area contributed by atoms with E-state index in [4.69, 9.17) is 11.6 Å². The number of rotatable bonds is 1. The fraction of sp³-hybridized carbons (Fsp3) is 0.467. The summed E-state index contributed by atoms with van der Waals surface area (Å²) in [5.41, 5.74) is 1.79. The van der Waals surface area contributed by atoms with Crippen LogP contribution in [-0.4, -0.2) is 11.6 Å². The van der Waals surface area contributed by atoms with Crippen LogP contribution in [0.25, 0.3) is 0 Å². The molecule has 0 N–H and O–H groups in total. The highest BCUT2D eigenvalue weighted by Gasteiger charge is 2.47. The van der Waals surface area contributed by atoms with Crippen LogP contribution in [0.5, 0.6) is 0 Å². The second kappa shape index (κ2) is 4.20. The quantitative estimate of drug-likeness (QED) is 0.728. The van der Waals surface area contributed by atoms with Gasteiger partial charge in [0.25, 0.3) is 0 Å². The number of carbonyl (C=O) groups excluding carboxylic acids is 2. The Bertz CT molecular complexity index is 513. The molecule has 0 radical (unpaired) electrons. The minimum atomic E-state index is -0.560. The van der Waals surface area contributed by atoms with Gasteiger partial charge in [-0.05, 0) is 49.4 Å². The maximum atomic E-state index is 12.4. The number of ketones is 2. The summed E-state index contributed by atoms with van der Waals surface area (Å²) in [7, 11) is 0. The van der Waals surface area contributed by atoms with E-state index in [0.717, 1.165) is 30.4 Å². The van der Waals surface area contributed by atoms with Crippen molar-refractivity contribution in [3.63, 3.8) is 0 Å². The first-order valence-corrected chi connectivity index (χ1v) is 6.79. The summed E-state index contributed by atoms with van der Waals surface area (Å²) in [6.45, 7) is 1.93. The molecule has 0 heterocycles. The van der Waals surface area contributed by atoms with E-state index in [1.807, 2.05) is 13.0 Å². The number of benzene rings is 1. The van der Waals surface area contributed by atoms with E-state index in [0.29, 0.717) is 5.02 Å². The average Bonchev–Trinajstić information content (AvgIpc) is 2.78. The van der Waals surface area contributed by atoms with Gasteiger partial charge in [0.05, 0.1) is 0 Å². The predicted octanol–water partition coefficient (Wildman–Crippen LogP) is 3.30. The fourth-order valence-corrected chi connectivity index (χ4v) is 3.52. The molecule has 2 saturated carbocycles. The third-order valence-electron chi connectivity index (χ3n) is 4.36. The summed E-state index contributed by atoms with van der Waals surface area (Å²) in [6.07, 6.45) is 2.53. The second-order valence-corrected chi connectivity index (χ2v) is 5.88. The van der Waals surface area contributed by atoms with Crippen molar-refractivity contribution in [3.05, 3.63) is 34.3 Å². The van der Waals surface area contributed by atoms with Crippen molar-refractivity contribution in [1.29, 1.82) is 0 Å². The Morgan fingerprint density at radius 3 is 2.33 bits per heavy atom. The zero-order valence-electron chi connectivity index (χ0n) is 10.3. The Hall–Kier alpha value is -1.15. The first-order valence-electron chi connectivity index (χ1n) is 6.41. The van der Waals surface area contributed by atoms with Crippen molar-refractivity contribution in [3.8, 4) is 0 Å². The number of Topliss-reactive ketones (excluding diaryl/α,β-unsaturated/α-hetero) is 2. The maximum absolute atomic E-state index is 12.4. The molecular formula is C15H15ClO2. The molecule has 2 bridgehead atoms. The molecule has 2 aliphatic carbocycles. The maximum Gasteiger partial charge on any atom is 0.150 e. The Morgan fingerprint density at radius 1 is 1.11 bits per heavy atom. The van der Waals surface area contributed by atoms with Gasteiger partial charge in [0.1, 0.15) is 5.92 Å². The van der Waals surface area contributed by atoms with Crippen LogP contribution in [0.3, 0.4) is 0 Å². The zero-order valence-corrected chi connectivity index (χ0v) is 11.0. The molecule has 0 aliphatic heterocycles. The molecule has 0 aromatic heterocycles. The van der Waals surface area contributed by atoms with Gasteiger partial charge in [0.2, 0.25) is 0 Å². The highest BCUT2D eigenvalue weighted by atomic mass is 35.5. The van der Waals surface area contributed by atoms with Crippen molar-refractivity contribution < 1.29 is 9.59 Å². The first kappa shape index (κ1) is 11.9. The monoisotopic (exact) mass is 262 g/mol. The van der Waals surface area contributed by atoms with Crippen molar-refractivity contribution in [1.82, 2.24) is 0 Å². The lowest BCUT2D eigenvalue weighted by molar-refractivity contribution is -0.135. The topological polar surface area (TPSA) is 34.1 Å². The lowest BCUT2D eigenvalue weighted by atomic mass is 9.74. The van der Waals surface area contributed by atoms with Gasteiger partial charge in [-0.2, -0.15) is 0 Å². The largest absolute Gasteiger partial charge is 0.298 e. The van der Waals surface area contributed by atoms with E-state index in [1.165, 1.54) is 0 Å². The fourth-order valence-electron chi connectivity index (χ4n) is 3.34. The van der Waals surface area contributed by atoms with Gasteiger partial charge in [0.15, 0.2) is 11.6 Å². The SMILES string of the molecule is Cc1ccc(Cl)cc1C1C(=O)C2CCC(C2)C1=O. The Kier molecular flexibility index (Phi) is 2.78. The highest BCUT2D eigenvalue weighted by Crippen LogP contribution is 2.44.